The molecule has 0 unspecified atom stereocenters. The zero-order chi connectivity index (χ0) is 14.3. The zero-order valence-electron chi connectivity index (χ0n) is 11.4. The van der Waals surface area contributed by atoms with Crippen LogP contribution in [0.1, 0.15) is 16.8 Å². The first kappa shape index (κ1) is 15.9. The molecule has 1 aromatic rings. The molecular formula is C11H20N4O2S2. The van der Waals surface area contributed by atoms with Crippen molar-refractivity contribution in [2.75, 3.05) is 25.1 Å². The molecule has 0 aliphatic heterocycles. The van der Waals surface area contributed by atoms with Gasteiger partial charge in [-0.05, 0) is 6.92 Å². The van der Waals surface area contributed by atoms with E-state index < -0.39 is 9.84 Å². The predicted octanol–water partition coefficient (Wildman–Crippen LogP) is 0.551. The summed E-state index contributed by atoms with van der Waals surface area (Å²) >= 11 is 1.62. The van der Waals surface area contributed by atoms with Crippen molar-refractivity contribution >= 4 is 27.1 Å². The molecule has 0 aliphatic carbocycles. The van der Waals surface area contributed by atoms with Gasteiger partial charge in [0, 0.05) is 30.4 Å². The van der Waals surface area contributed by atoms with Crippen LogP contribution in [0.3, 0.4) is 0 Å². The first-order valence-electron chi connectivity index (χ1n) is 6.03. The van der Waals surface area contributed by atoms with Gasteiger partial charge in [0.15, 0.2) is 15.8 Å². The first-order valence-corrected chi connectivity index (χ1v) is 8.67. The Morgan fingerprint density at radius 3 is 2.74 bits per heavy atom. The van der Waals surface area contributed by atoms with Crippen LogP contribution in [0.5, 0.6) is 0 Å². The number of thiazole rings is 1. The molecule has 8 heteroatoms. The van der Waals surface area contributed by atoms with E-state index in [9.17, 15) is 8.42 Å². The third-order valence-electron chi connectivity index (χ3n) is 2.45. The summed E-state index contributed by atoms with van der Waals surface area (Å²) in [4.78, 5) is 9.42. The zero-order valence-corrected chi connectivity index (χ0v) is 13.1. The molecule has 0 aromatic carbocycles. The van der Waals surface area contributed by atoms with E-state index in [0.29, 0.717) is 19.0 Å². The summed E-state index contributed by atoms with van der Waals surface area (Å²) in [5.41, 5.74) is 0. The van der Waals surface area contributed by atoms with Gasteiger partial charge in [-0.1, -0.05) is 6.92 Å². The van der Waals surface area contributed by atoms with Crippen molar-refractivity contribution in [2.45, 2.75) is 20.4 Å². The molecule has 0 aliphatic rings. The number of sulfone groups is 1. The maximum atomic E-state index is 11.3. The average Bonchev–Trinajstić information content (AvgIpc) is 2.79. The lowest BCUT2D eigenvalue weighted by Crippen LogP contribution is -2.39. The molecule has 0 saturated heterocycles. The van der Waals surface area contributed by atoms with Gasteiger partial charge in [-0.25, -0.2) is 13.4 Å². The highest BCUT2D eigenvalue weighted by molar-refractivity contribution is 7.91. The van der Waals surface area contributed by atoms with E-state index in [4.69, 9.17) is 0 Å². The Morgan fingerprint density at radius 1 is 1.47 bits per heavy atom. The molecular weight excluding hydrogens is 284 g/mol. The van der Waals surface area contributed by atoms with E-state index in [-0.39, 0.29) is 11.5 Å². The van der Waals surface area contributed by atoms with Gasteiger partial charge in [0.25, 0.3) is 0 Å². The molecule has 108 valence electrons. The van der Waals surface area contributed by atoms with Crippen LogP contribution in [0, 0.1) is 6.92 Å². The van der Waals surface area contributed by atoms with Crippen molar-refractivity contribution in [3.63, 3.8) is 0 Å². The number of aryl methyl sites for hydroxylation is 1. The van der Waals surface area contributed by atoms with Gasteiger partial charge >= 0.3 is 0 Å². The Balaban J connectivity index is 2.35. The molecule has 6 nitrogen and oxygen atoms in total. The minimum Gasteiger partial charge on any atom is -0.355 e. The molecule has 0 atom stereocenters. The SMILES string of the molecule is CCS(=O)(=O)CCNC(=NC)NCc1ncc(C)s1. The smallest absolute Gasteiger partial charge is 0.191 e. The van der Waals surface area contributed by atoms with Gasteiger partial charge in [0.1, 0.15) is 5.01 Å². The van der Waals surface area contributed by atoms with E-state index in [1.807, 2.05) is 13.1 Å². The number of guanidine groups is 1. The van der Waals surface area contributed by atoms with Crippen molar-refractivity contribution < 1.29 is 8.42 Å². The van der Waals surface area contributed by atoms with Crippen LogP contribution in [0.4, 0.5) is 0 Å². The maximum absolute atomic E-state index is 11.3. The summed E-state index contributed by atoms with van der Waals surface area (Å²) in [6, 6.07) is 0. The van der Waals surface area contributed by atoms with E-state index in [1.165, 1.54) is 0 Å². The summed E-state index contributed by atoms with van der Waals surface area (Å²) in [6.45, 7) is 4.59. The number of aromatic nitrogens is 1. The summed E-state index contributed by atoms with van der Waals surface area (Å²) in [5.74, 6) is 0.860. The highest BCUT2D eigenvalue weighted by atomic mass is 32.2. The molecule has 1 aromatic heterocycles. The van der Waals surface area contributed by atoms with Crippen LogP contribution >= 0.6 is 11.3 Å². The van der Waals surface area contributed by atoms with Crippen molar-refractivity contribution in [2.24, 2.45) is 4.99 Å². The van der Waals surface area contributed by atoms with Crippen molar-refractivity contribution in [1.29, 1.82) is 0 Å². The van der Waals surface area contributed by atoms with Gasteiger partial charge in [0.05, 0.1) is 12.3 Å². The highest BCUT2D eigenvalue weighted by Gasteiger charge is 2.07. The summed E-state index contributed by atoms with van der Waals surface area (Å²) in [5, 5.41) is 7.04. The lowest BCUT2D eigenvalue weighted by molar-refractivity contribution is 0.595. The molecule has 1 rings (SSSR count). The Labute approximate surface area is 118 Å². The van der Waals surface area contributed by atoms with Crippen LogP contribution in [-0.4, -0.2) is 44.5 Å². The molecule has 0 fully saturated rings. The molecule has 0 radical (unpaired) electrons. The molecule has 1 heterocycles. The molecule has 2 N–H and O–H groups in total. The molecule has 0 saturated carbocycles. The molecule has 0 bridgehead atoms. The van der Waals surface area contributed by atoms with E-state index >= 15 is 0 Å². The normalized spacial score (nSPS) is 12.5. The number of hydrogen-bond acceptors (Lipinski definition) is 5. The summed E-state index contributed by atoms with van der Waals surface area (Å²) in [7, 11) is -1.29. The lowest BCUT2D eigenvalue weighted by atomic mass is 10.6. The van der Waals surface area contributed by atoms with Crippen LogP contribution in [0.15, 0.2) is 11.2 Å². The summed E-state index contributed by atoms with van der Waals surface area (Å²) < 4.78 is 22.7. The largest absolute Gasteiger partial charge is 0.355 e. The van der Waals surface area contributed by atoms with Gasteiger partial charge in [-0.3, -0.25) is 4.99 Å². The average molecular weight is 304 g/mol. The Morgan fingerprint density at radius 2 is 2.21 bits per heavy atom. The van der Waals surface area contributed by atoms with Crippen LogP contribution in [0.25, 0.3) is 0 Å². The molecule has 19 heavy (non-hydrogen) atoms. The third-order valence-corrected chi connectivity index (χ3v) is 5.06. The van der Waals surface area contributed by atoms with Crippen LogP contribution < -0.4 is 10.6 Å². The van der Waals surface area contributed by atoms with Crippen LogP contribution in [0.2, 0.25) is 0 Å². The minimum atomic E-state index is -2.94. The van der Waals surface area contributed by atoms with Crippen molar-refractivity contribution in [1.82, 2.24) is 15.6 Å². The van der Waals surface area contributed by atoms with Gasteiger partial charge in [0.2, 0.25) is 0 Å². The van der Waals surface area contributed by atoms with Gasteiger partial charge < -0.3 is 10.6 Å². The highest BCUT2D eigenvalue weighted by Crippen LogP contribution is 2.10. The van der Waals surface area contributed by atoms with Crippen molar-refractivity contribution in [3.8, 4) is 0 Å². The second-order valence-electron chi connectivity index (χ2n) is 3.95. The lowest BCUT2D eigenvalue weighted by Gasteiger charge is -2.10. The Hall–Kier alpha value is -1.15. The fraction of sp³-hybridized carbons (Fsp3) is 0.636. The quantitative estimate of drug-likeness (QED) is 0.592. The fourth-order valence-corrected chi connectivity index (χ4v) is 2.76. The summed E-state index contributed by atoms with van der Waals surface area (Å²) in [6.07, 6.45) is 1.83. The Bertz CT molecular complexity index is 523. The second kappa shape index (κ2) is 7.44. The number of aliphatic imine (C=N–C) groups is 1. The standard InChI is InChI=1S/C11H20N4O2S2/c1-4-19(16,17)6-5-13-11(12-3)15-8-10-14-7-9(2)18-10/h7H,4-6,8H2,1-3H3,(H2,12,13,15). The van der Waals surface area contributed by atoms with E-state index in [2.05, 4.69) is 20.6 Å². The third kappa shape index (κ3) is 6.02. The number of hydrogen-bond donors (Lipinski definition) is 2. The Kier molecular flexibility index (Phi) is 6.23. The molecule has 0 amide bonds. The van der Waals surface area contributed by atoms with Gasteiger partial charge in [-0.2, -0.15) is 0 Å². The monoisotopic (exact) mass is 304 g/mol. The fourth-order valence-electron chi connectivity index (χ4n) is 1.33. The number of nitrogens with zero attached hydrogens (tertiary/aromatic N) is 2. The number of nitrogens with one attached hydrogen (secondary N) is 2. The second-order valence-corrected chi connectivity index (χ2v) is 7.75. The minimum absolute atomic E-state index is 0.112. The van der Waals surface area contributed by atoms with Crippen molar-refractivity contribution in [3.05, 3.63) is 16.1 Å². The topological polar surface area (TPSA) is 83.5 Å². The maximum Gasteiger partial charge on any atom is 0.191 e. The number of rotatable bonds is 6. The van der Waals surface area contributed by atoms with Gasteiger partial charge in [-0.15, -0.1) is 11.3 Å². The first-order chi connectivity index (χ1) is 8.96. The van der Waals surface area contributed by atoms with Crippen LogP contribution in [-0.2, 0) is 16.4 Å². The van der Waals surface area contributed by atoms with E-state index in [1.54, 1.807) is 25.3 Å². The predicted molar refractivity (Wildman–Crippen MR) is 79.4 cm³/mol. The molecule has 0 spiro atoms. The van der Waals surface area contributed by atoms with E-state index in [0.717, 1.165) is 9.88 Å².